The molecule has 0 spiro atoms. The van der Waals surface area contributed by atoms with Crippen LogP contribution in [-0.2, 0) is 19.2 Å². The minimum Gasteiger partial charge on any atom is -0.370 e. The molecule has 0 aliphatic carbocycles. The molecule has 0 fully saturated rings. The Morgan fingerprint density at radius 3 is 2.47 bits per heavy atom. The molecule has 0 bridgehead atoms. The zero-order chi connectivity index (χ0) is 13.3. The number of imide groups is 1. The molecule has 0 saturated heterocycles. The van der Waals surface area contributed by atoms with Gasteiger partial charge in [-0.3, -0.25) is 24.1 Å². The molecule has 3 N–H and O–H groups in total. The van der Waals surface area contributed by atoms with Gasteiger partial charge in [0.05, 0.1) is 0 Å². The Bertz CT molecular complexity index is 338. The third-order valence-corrected chi connectivity index (χ3v) is 1.73. The van der Waals surface area contributed by atoms with Gasteiger partial charge in [0, 0.05) is 13.0 Å². The lowest BCUT2D eigenvalue weighted by Gasteiger charge is -2.12. The maximum Gasteiger partial charge on any atom is 0.253 e. The fraction of sp³-hybridized carbons (Fsp3) is 0.400. The number of nitrogens with two attached hydrogens (primary N) is 1. The van der Waals surface area contributed by atoms with E-state index in [0.717, 1.165) is 4.90 Å². The highest BCUT2D eigenvalue weighted by Gasteiger charge is 2.13. The predicted octanol–water partition coefficient (Wildman–Crippen LogP) is -1.46. The molecule has 0 atom stereocenters. The second-order valence-electron chi connectivity index (χ2n) is 3.14. The van der Waals surface area contributed by atoms with Crippen molar-refractivity contribution < 1.29 is 19.2 Å². The fourth-order valence-corrected chi connectivity index (χ4v) is 0.941. The number of carbonyl (C=O) groups excluding carboxylic acids is 4. The number of carbonyl (C=O) groups is 4. The van der Waals surface area contributed by atoms with Gasteiger partial charge < -0.3 is 11.1 Å². The maximum atomic E-state index is 11.3. The Morgan fingerprint density at radius 1 is 1.35 bits per heavy atom. The number of nitrogens with one attached hydrogen (secondary N) is 1. The number of hydrogen-bond donors (Lipinski definition) is 2. The van der Waals surface area contributed by atoms with Crippen molar-refractivity contribution in [2.75, 3.05) is 13.1 Å². The third kappa shape index (κ3) is 6.82. The summed E-state index contributed by atoms with van der Waals surface area (Å²) < 4.78 is 0. The van der Waals surface area contributed by atoms with Crippen LogP contribution >= 0.6 is 0 Å². The SMILES string of the molecule is C/C=C\C(=O)N(C=O)CC(=O)NCCC(N)=O. The van der Waals surface area contributed by atoms with Crippen LogP contribution in [0.5, 0.6) is 0 Å². The van der Waals surface area contributed by atoms with E-state index in [4.69, 9.17) is 5.73 Å². The second-order valence-corrected chi connectivity index (χ2v) is 3.14. The molecule has 0 heterocycles. The molecule has 7 heteroatoms. The molecule has 17 heavy (non-hydrogen) atoms. The van der Waals surface area contributed by atoms with Gasteiger partial charge in [-0.05, 0) is 13.0 Å². The maximum absolute atomic E-state index is 11.3. The van der Waals surface area contributed by atoms with E-state index in [1.54, 1.807) is 6.92 Å². The zero-order valence-electron chi connectivity index (χ0n) is 9.51. The van der Waals surface area contributed by atoms with Gasteiger partial charge in [-0.15, -0.1) is 0 Å². The van der Waals surface area contributed by atoms with E-state index in [-0.39, 0.29) is 25.9 Å². The zero-order valence-corrected chi connectivity index (χ0v) is 9.51. The van der Waals surface area contributed by atoms with Gasteiger partial charge in [0.25, 0.3) is 5.91 Å². The first-order valence-electron chi connectivity index (χ1n) is 4.94. The van der Waals surface area contributed by atoms with Gasteiger partial charge in [-0.25, -0.2) is 0 Å². The molecule has 7 nitrogen and oxygen atoms in total. The number of hydrogen-bond acceptors (Lipinski definition) is 4. The van der Waals surface area contributed by atoms with Crippen molar-refractivity contribution in [1.29, 1.82) is 0 Å². The van der Waals surface area contributed by atoms with Crippen LogP contribution in [0.1, 0.15) is 13.3 Å². The number of nitrogens with zero attached hydrogens (tertiary/aromatic N) is 1. The summed E-state index contributed by atoms with van der Waals surface area (Å²) in [6.45, 7) is 1.32. The lowest BCUT2D eigenvalue weighted by atomic mass is 10.4. The van der Waals surface area contributed by atoms with Crippen LogP contribution in [0.15, 0.2) is 12.2 Å². The minimum atomic E-state index is -0.576. The summed E-state index contributed by atoms with van der Waals surface area (Å²) in [5.74, 6) is -1.65. The summed E-state index contributed by atoms with van der Waals surface area (Å²) >= 11 is 0. The quantitative estimate of drug-likeness (QED) is 0.419. The van der Waals surface area contributed by atoms with Crippen molar-refractivity contribution >= 4 is 24.1 Å². The van der Waals surface area contributed by atoms with E-state index in [1.165, 1.54) is 12.2 Å². The van der Waals surface area contributed by atoms with Gasteiger partial charge in [0.1, 0.15) is 6.54 Å². The normalized spacial score (nSPS) is 9.94. The van der Waals surface area contributed by atoms with Crippen molar-refractivity contribution in [1.82, 2.24) is 10.2 Å². The molecule has 0 aromatic rings. The molecule has 0 aromatic heterocycles. The Morgan fingerprint density at radius 2 is 2.00 bits per heavy atom. The summed E-state index contributed by atoms with van der Waals surface area (Å²) in [5, 5.41) is 2.36. The highest BCUT2D eigenvalue weighted by atomic mass is 16.2. The first-order valence-corrected chi connectivity index (χ1v) is 4.94. The van der Waals surface area contributed by atoms with Crippen LogP contribution in [0.2, 0.25) is 0 Å². The molecule has 0 rings (SSSR count). The minimum absolute atomic E-state index is 0.00956. The Hall–Kier alpha value is -2.18. The summed E-state index contributed by atoms with van der Waals surface area (Å²) in [6.07, 6.45) is 2.92. The van der Waals surface area contributed by atoms with Crippen LogP contribution in [0, 0.1) is 0 Å². The van der Waals surface area contributed by atoms with Crippen LogP contribution in [0.25, 0.3) is 0 Å². The topological polar surface area (TPSA) is 110 Å². The molecule has 0 unspecified atom stereocenters. The Labute approximate surface area is 98.6 Å². The third-order valence-electron chi connectivity index (χ3n) is 1.73. The fourth-order valence-electron chi connectivity index (χ4n) is 0.941. The van der Waals surface area contributed by atoms with Crippen LogP contribution in [0.4, 0.5) is 0 Å². The highest BCUT2D eigenvalue weighted by Crippen LogP contribution is 1.88. The molecule has 0 aliphatic heterocycles. The van der Waals surface area contributed by atoms with E-state index in [0.29, 0.717) is 0 Å². The smallest absolute Gasteiger partial charge is 0.253 e. The van der Waals surface area contributed by atoms with Gasteiger partial charge in [0.2, 0.25) is 18.2 Å². The van der Waals surface area contributed by atoms with Crippen molar-refractivity contribution in [3.05, 3.63) is 12.2 Å². The molecule has 0 aromatic carbocycles. The van der Waals surface area contributed by atoms with E-state index in [1.807, 2.05) is 0 Å². The number of primary amides is 1. The average molecular weight is 241 g/mol. The molecule has 0 aliphatic rings. The molecular formula is C10H15N3O4. The number of allylic oxidation sites excluding steroid dienone is 1. The second kappa shape index (κ2) is 8.03. The van der Waals surface area contributed by atoms with Gasteiger partial charge >= 0.3 is 0 Å². The monoisotopic (exact) mass is 241 g/mol. The molecular weight excluding hydrogens is 226 g/mol. The molecule has 0 radical (unpaired) electrons. The molecule has 0 saturated carbocycles. The van der Waals surface area contributed by atoms with Gasteiger partial charge in [0.15, 0.2) is 0 Å². The van der Waals surface area contributed by atoms with Crippen molar-refractivity contribution in [3.8, 4) is 0 Å². The standard InChI is InChI=1S/C10H15N3O4/c1-2-3-10(17)13(7-14)6-9(16)12-5-4-8(11)15/h2-3,7H,4-6H2,1H3,(H2,11,15)(H,12,16)/b3-2-. The van der Waals surface area contributed by atoms with Crippen molar-refractivity contribution in [2.45, 2.75) is 13.3 Å². The summed E-state index contributed by atoms with van der Waals surface area (Å²) in [5.41, 5.74) is 4.87. The number of amides is 4. The number of rotatable bonds is 7. The predicted molar refractivity (Wildman–Crippen MR) is 59.4 cm³/mol. The lowest BCUT2D eigenvalue weighted by molar-refractivity contribution is -0.139. The highest BCUT2D eigenvalue weighted by molar-refractivity contribution is 5.97. The van der Waals surface area contributed by atoms with E-state index in [9.17, 15) is 19.2 Å². The first-order chi connectivity index (χ1) is 8.01. The summed E-state index contributed by atoms with van der Waals surface area (Å²) in [6, 6.07) is 0. The summed E-state index contributed by atoms with van der Waals surface area (Å²) in [4.78, 5) is 44.2. The largest absolute Gasteiger partial charge is 0.370 e. The molecule has 94 valence electrons. The lowest BCUT2D eigenvalue weighted by Crippen LogP contribution is -2.40. The van der Waals surface area contributed by atoms with E-state index in [2.05, 4.69) is 5.32 Å². The molecule has 4 amide bonds. The average Bonchev–Trinajstić information content (AvgIpc) is 2.25. The van der Waals surface area contributed by atoms with Crippen LogP contribution in [0.3, 0.4) is 0 Å². The van der Waals surface area contributed by atoms with E-state index >= 15 is 0 Å². The van der Waals surface area contributed by atoms with Gasteiger partial charge in [-0.2, -0.15) is 0 Å². The van der Waals surface area contributed by atoms with Crippen molar-refractivity contribution in [3.63, 3.8) is 0 Å². The summed E-state index contributed by atoms with van der Waals surface area (Å²) in [7, 11) is 0. The van der Waals surface area contributed by atoms with E-state index < -0.39 is 17.7 Å². The Balaban J connectivity index is 4.11. The first kappa shape index (κ1) is 14.8. The van der Waals surface area contributed by atoms with Gasteiger partial charge in [-0.1, -0.05) is 6.08 Å². The Kier molecular flexibility index (Phi) is 7.00. The van der Waals surface area contributed by atoms with Crippen LogP contribution < -0.4 is 11.1 Å². The van der Waals surface area contributed by atoms with Crippen molar-refractivity contribution in [2.24, 2.45) is 5.73 Å². The van der Waals surface area contributed by atoms with Crippen LogP contribution in [-0.4, -0.2) is 42.1 Å².